The lowest BCUT2D eigenvalue weighted by Gasteiger charge is -2.19. The van der Waals surface area contributed by atoms with Gasteiger partial charge >= 0.3 is 0 Å². The molecule has 29 heavy (non-hydrogen) atoms. The lowest BCUT2D eigenvalue weighted by Crippen LogP contribution is -2.27. The third-order valence-corrected chi connectivity index (χ3v) is 5.67. The standard InChI is InChI=1S/C23H22BBrN2O2/c1-28-18-5-3-4-17(12-18)26-13-19(29-2)14-27-22-8-6-15(24)10-20(22)21-11-16(25)7-9-23(21)27/h3-12,19,26H,13-14H2,1-2H3. The first-order valence-corrected chi connectivity index (χ1v) is 10.3. The predicted molar refractivity (Wildman–Crippen MR) is 125 cm³/mol. The predicted octanol–water partition coefficient (Wildman–Crippen LogP) is 4.49. The van der Waals surface area contributed by atoms with Crippen LogP contribution in [-0.4, -0.2) is 39.3 Å². The van der Waals surface area contributed by atoms with Crippen molar-refractivity contribution in [3.05, 3.63) is 65.1 Å². The first-order valence-electron chi connectivity index (χ1n) is 9.46. The maximum absolute atomic E-state index is 6.06. The Balaban J connectivity index is 1.64. The van der Waals surface area contributed by atoms with E-state index >= 15 is 0 Å². The molecule has 2 radical (unpaired) electrons. The summed E-state index contributed by atoms with van der Waals surface area (Å²) in [4.78, 5) is 0. The van der Waals surface area contributed by atoms with Crippen molar-refractivity contribution in [1.82, 2.24) is 4.57 Å². The number of hydrogen-bond donors (Lipinski definition) is 1. The van der Waals surface area contributed by atoms with Crippen LogP contribution in [0.1, 0.15) is 0 Å². The van der Waals surface area contributed by atoms with Crippen LogP contribution < -0.4 is 15.5 Å². The number of anilines is 1. The number of methoxy groups -OCH3 is 2. The Morgan fingerprint density at radius 1 is 1.00 bits per heavy atom. The zero-order valence-electron chi connectivity index (χ0n) is 16.5. The van der Waals surface area contributed by atoms with Crippen LogP contribution in [0.3, 0.4) is 0 Å². The van der Waals surface area contributed by atoms with Gasteiger partial charge in [0.2, 0.25) is 0 Å². The smallest absolute Gasteiger partial charge is 0.120 e. The van der Waals surface area contributed by atoms with Gasteiger partial charge in [0.1, 0.15) is 13.6 Å². The molecule has 4 rings (SSSR count). The molecule has 0 aliphatic heterocycles. The van der Waals surface area contributed by atoms with Crippen molar-refractivity contribution in [1.29, 1.82) is 0 Å². The van der Waals surface area contributed by atoms with Gasteiger partial charge in [0, 0.05) is 51.7 Å². The summed E-state index contributed by atoms with van der Waals surface area (Å²) < 4.78 is 14.5. The molecular formula is C23H22BBrN2O2. The third-order valence-electron chi connectivity index (χ3n) is 5.17. The second-order valence-electron chi connectivity index (χ2n) is 7.02. The second kappa shape index (κ2) is 8.51. The normalized spacial score (nSPS) is 12.4. The average Bonchev–Trinajstić information content (AvgIpc) is 3.03. The van der Waals surface area contributed by atoms with Gasteiger partial charge in [-0.25, -0.2) is 0 Å². The van der Waals surface area contributed by atoms with E-state index in [1.165, 1.54) is 5.39 Å². The summed E-state index contributed by atoms with van der Waals surface area (Å²) in [7, 11) is 9.48. The molecule has 3 aromatic carbocycles. The molecule has 0 fully saturated rings. The van der Waals surface area contributed by atoms with Crippen molar-refractivity contribution in [3.63, 3.8) is 0 Å². The Hall–Kier alpha value is -2.44. The molecule has 0 amide bonds. The minimum Gasteiger partial charge on any atom is -0.497 e. The Labute approximate surface area is 180 Å². The van der Waals surface area contributed by atoms with Crippen LogP contribution in [0.5, 0.6) is 5.75 Å². The zero-order valence-corrected chi connectivity index (χ0v) is 18.1. The van der Waals surface area contributed by atoms with Crippen LogP contribution in [0.2, 0.25) is 0 Å². The van der Waals surface area contributed by atoms with Crippen molar-refractivity contribution in [3.8, 4) is 5.75 Å². The number of aromatic nitrogens is 1. The quantitative estimate of drug-likeness (QED) is 0.423. The highest BCUT2D eigenvalue weighted by Gasteiger charge is 2.15. The SMILES string of the molecule is [B]c1ccc2c(c1)c1cc(Br)ccc1n2CC(CNc1cccc(OC)c1)OC. The molecule has 1 N–H and O–H groups in total. The number of benzene rings is 3. The Kier molecular flexibility index (Phi) is 5.83. The fraction of sp³-hybridized carbons (Fsp3) is 0.217. The number of fused-ring (bicyclic) bond motifs is 3. The number of hydrogen-bond acceptors (Lipinski definition) is 3. The number of nitrogens with one attached hydrogen (secondary N) is 1. The second-order valence-corrected chi connectivity index (χ2v) is 7.93. The maximum atomic E-state index is 6.06. The molecule has 0 saturated carbocycles. The molecule has 0 spiro atoms. The minimum atomic E-state index is -0.0128. The molecule has 1 aromatic heterocycles. The summed E-state index contributed by atoms with van der Waals surface area (Å²) >= 11 is 3.59. The van der Waals surface area contributed by atoms with Crippen molar-refractivity contribution in [2.24, 2.45) is 0 Å². The topological polar surface area (TPSA) is 35.4 Å². The van der Waals surface area contributed by atoms with Gasteiger partial charge in [0.25, 0.3) is 0 Å². The molecule has 0 aliphatic rings. The van der Waals surface area contributed by atoms with Crippen molar-refractivity contribution < 1.29 is 9.47 Å². The van der Waals surface area contributed by atoms with Crippen LogP contribution in [-0.2, 0) is 11.3 Å². The van der Waals surface area contributed by atoms with Crippen molar-refractivity contribution >= 4 is 56.7 Å². The van der Waals surface area contributed by atoms with E-state index in [-0.39, 0.29) is 6.10 Å². The highest BCUT2D eigenvalue weighted by Crippen LogP contribution is 2.31. The van der Waals surface area contributed by atoms with E-state index in [0.717, 1.165) is 44.3 Å². The van der Waals surface area contributed by atoms with Gasteiger partial charge in [-0.1, -0.05) is 39.6 Å². The van der Waals surface area contributed by atoms with E-state index in [4.69, 9.17) is 17.3 Å². The molecule has 146 valence electrons. The largest absolute Gasteiger partial charge is 0.497 e. The number of rotatable bonds is 7. The van der Waals surface area contributed by atoms with Gasteiger partial charge in [-0.05, 0) is 36.4 Å². The van der Waals surface area contributed by atoms with Gasteiger partial charge in [-0.15, -0.1) is 0 Å². The summed E-state index contributed by atoms with van der Waals surface area (Å²) in [6.45, 7) is 1.40. The molecular weight excluding hydrogens is 427 g/mol. The summed E-state index contributed by atoms with van der Waals surface area (Å²) in [5.74, 6) is 0.828. The highest BCUT2D eigenvalue weighted by atomic mass is 79.9. The van der Waals surface area contributed by atoms with E-state index in [0.29, 0.717) is 6.54 Å². The zero-order chi connectivity index (χ0) is 20.4. The third kappa shape index (κ3) is 4.14. The van der Waals surface area contributed by atoms with Gasteiger partial charge in [-0.3, -0.25) is 0 Å². The van der Waals surface area contributed by atoms with Crippen LogP contribution >= 0.6 is 15.9 Å². The summed E-state index contributed by atoms with van der Waals surface area (Å²) in [5, 5.41) is 5.78. The molecule has 4 aromatic rings. The molecule has 1 heterocycles. The molecule has 4 nitrogen and oxygen atoms in total. The molecule has 0 saturated heterocycles. The fourth-order valence-corrected chi connectivity index (χ4v) is 4.04. The number of nitrogens with zero attached hydrogens (tertiary/aromatic N) is 1. The van der Waals surface area contributed by atoms with Crippen LogP contribution in [0.4, 0.5) is 5.69 Å². The van der Waals surface area contributed by atoms with E-state index < -0.39 is 0 Å². The molecule has 1 unspecified atom stereocenters. The maximum Gasteiger partial charge on any atom is 0.120 e. The minimum absolute atomic E-state index is 0.0128. The van der Waals surface area contributed by atoms with E-state index in [9.17, 15) is 0 Å². The summed E-state index contributed by atoms with van der Waals surface area (Å²) in [5.41, 5.74) is 4.08. The summed E-state index contributed by atoms with van der Waals surface area (Å²) in [6.07, 6.45) is -0.0128. The molecule has 0 bridgehead atoms. The first-order chi connectivity index (χ1) is 14.1. The number of ether oxygens (including phenoxy) is 2. The van der Waals surface area contributed by atoms with E-state index in [2.05, 4.69) is 50.1 Å². The van der Waals surface area contributed by atoms with Crippen molar-refractivity contribution in [2.75, 3.05) is 26.1 Å². The monoisotopic (exact) mass is 448 g/mol. The lowest BCUT2D eigenvalue weighted by molar-refractivity contribution is 0.100. The first kappa shape index (κ1) is 19.9. The van der Waals surface area contributed by atoms with Crippen LogP contribution in [0, 0.1) is 0 Å². The van der Waals surface area contributed by atoms with Crippen molar-refractivity contribution in [2.45, 2.75) is 12.6 Å². The summed E-state index contributed by atoms with van der Waals surface area (Å²) in [6, 6.07) is 20.3. The average molecular weight is 449 g/mol. The highest BCUT2D eigenvalue weighted by molar-refractivity contribution is 9.10. The van der Waals surface area contributed by atoms with Gasteiger partial charge in [-0.2, -0.15) is 0 Å². The van der Waals surface area contributed by atoms with Crippen LogP contribution in [0.15, 0.2) is 65.1 Å². The fourth-order valence-electron chi connectivity index (χ4n) is 3.68. The number of halogens is 1. The van der Waals surface area contributed by atoms with Gasteiger partial charge in [0.05, 0.1) is 19.8 Å². The molecule has 0 aliphatic carbocycles. The van der Waals surface area contributed by atoms with E-state index in [1.807, 2.05) is 36.4 Å². The molecule has 6 heteroatoms. The Bertz CT molecular complexity index is 1100. The van der Waals surface area contributed by atoms with Gasteiger partial charge in [0.15, 0.2) is 0 Å². The van der Waals surface area contributed by atoms with E-state index in [1.54, 1.807) is 14.2 Å². The lowest BCUT2D eigenvalue weighted by atomic mass is 9.94. The van der Waals surface area contributed by atoms with Gasteiger partial charge < -0.3 is 19.4 Å². The van der Waals surface area contributed by atoms with Crippen LogP contribution in [0.25, 0.3) is 21.8 Å². The Morgan fingerprint density at radius 3 is 2.52 bits per heavy atom. The Morgan fingerprint density at radius 2 is 1.76 bits per heavy atom. The molecule has 1 atom stereocenters.